The van der Waals surface area contributed by atoms with Gasteiger partial charge in [0.25, 0.3) is 0 Å². The maximum absolute atomic E-state index is 10.4. The van der Waals surface area contributed by atoms with Gasteiger partial charge in [0.15, 0.2) is 5.37 Å². The number of thiol groups is 2. The largest absolute Gasteiger partial charge is 0.479 e. The van der Waals surface area contributed by atoms with Crippen molar-refractivity contribution in [2.75, 3.05) is 5.75 Å². The van der Waals surface area contributed by atoms with Crippen LogP contribution in [0.25, 0.3) is 0 Å². The van der Waals surface area contributed by atoms with Crippen molar-refractivity contribution in [3.8, 4) is 0 Å². The second-order valence-electron chi connectivity index (χ2n) is 1.47. The van der Waals surface area contributed by atoms with Gasteiger partial charge in [0, 0.05) is 0 Å². The summed E-state index contributed by atoms with van der Waals surface area (Å²) in [6, 6.07) is 0. The highest BCUT2D eigenvalue weighted by atomic mass is 32.1. The number of hydrogen-bond acceptors (Lipinski definition) is 4. The summed E-state index contributed by atoms with van der Waals surface area (Å²) in [6.07, 6.45) is 0. The van der Waals surface area contributed by atoms with E-state index in [9.17, 15) is 9.59 Å². The van der Waals surface area contributed by atoms with Gasteiger partial charge in [0.1, 0.15) is 0 Å². The van der Waals surface area contributed by atoms with E-state index < -0.39 is 17.3 Å². The molecule has 6 heteroatoms. The van der Waals surface area contributed by atoms with Crippen molar-refractivity contribution in [3.63, 3.8) is 0 Å². The number of carbonyl (C=O) groups excluding carboxylic acids is 1. The number of carboxylic acids is 1. The number of rotatable bonds is 3. The van der Waals surface area contributed by atoms with Crippen LogP contribution in [0.1, 0.15) is 0 Å². The molecule has 0 fully saturated rings. The summed E-state index contributed by atoms with van der Waals surface area (Å²) in [4.78, 5) is 20.5. The van der Waals surface area contributed by atoms with E-state index in [-0.39, 0.29) is 5.75 Å². The zero-order valence-electron chi connectivity index (χ0n) is 4.94. The Morgan fingerprint density at radius 1 is 1.60 bits per heavy atom. The molecule has 4 nitrogen and oxygen atoms in total. The minimum absolute atomic E-state index is 0.0374. The average molecular weight is 181 g/mol. The van der Waals surface area contributed by atoms with Gasteiger partial charge >= 0.3 is 5.97 Å². The minimum Gasteiger partial charge on any atom is -0.479 e. The molecule has 0 aliphatic rings. The molecule has 1 amide bonds. The van der Waals surface area contributed by atoms with E-state index in [4.69, 9.17) is 5.11 Å². The highest BCUT2D eigenvalue weighted by Crippen LogP contribution is 1.89. The molecular formula is C4H7NO3S2. The second kappa shape index (κ2) is 4.45. The van der Waals surface area contributed by atoms with Crippen molar-refractivity contribution < 1.29 is 14.7 Å². The third kappa shape index (κ3) is 3.62. The van der Waals surface area contributed by atoms with Crippen molar-refractivity contribution in [1.29, 1.82) is 0 Å². The van der Waals surface area contributed by atoms with E-state index in [2.05, 4.69) is 30.6 Å². The average Bonchev–Trinajstić information content (AvgIpc) is 1.87. The van der Waals surface area contributed by atoms with E-state index in [1.54, 1.807) is 0 Å². The van der Waals surface area contributed by atoms with Crippen LogP contribution in [0.15, 0.2) is 0 Å². The quantitative estimate of drug-likeness (QED) is 0.346. The molecule has 58 valence electrons. The maximum atomic E-state index is 10.4. The fraction of sp³-hybridized carbons (Fsp3) is 0.500. The Hall–Kier alpha value is -0.360. The number of carbonyl (C=O) groups is 2. The Morgan fingerprint density at radius 2 is 2.10 bits per heavy atom. The standard InChI is InChI=1S/C4H7NO3S2/c6-2(1-9)5-3(10)4(7)8/h3,9-10H,1H2,(H,5,6)(H,7,8). The first-order valence-corrected chi connectivity index (χ1v) is 3.54. The molecule has 10 heavy (non-hydrogen) atoms. The molecule has 0 aliphatic carbocycles. The molecule has 1 atom stereocenters. The van der Waals surface area contributed by atoms with Gasteiger partial charge in [-0.3, -0.25) is 4.79 Å². The molecule has 0 aromatic heterocycles. The van der Waals surface area contributed by atoms with Gasteiger partial charge in [0.2, 0.25) is 5.91 Å². The molecule has 0 aromatic carbocycles. The number of amides is 1. The van der Waals surface area contributed by atoms with Crippen molar-refractivity contribution in [1.82, 2.24) is 5.32 Å². The zero-order chi connectivity index (χ0) is 8.15. The highest BCUT2D eigenvalue weighted by Gasteiger charge is 2.12. The Kier molecular flexibility index (Phi) is 4.29. The van der Waals surface area contributed by atoms with Gasteiger partial charge in [-0.1, -0.05) is 0 Å². The lowest BCUT2D eigenvalue weighted by Crippen LogP contribution is -2.37. The molecule has 1 unspecified atom stereocenters. The summed E-state index contributed by atoms with van der Waals surface area (Å²) in [7, 11) is 0. The van der Waals surface area contributed by atoms with Gasteiger partial charge in [-0.25, -0.2) is 4.79 Å². The van der Waals surface area contributed by atoms with Crippen LogP contribution in [0.4, 0.5) is 0 Å². The van der Waals surface area contributed by atoms with Gasteiger partial charge in [-0.2, -0.15) is 12.6 Å². The molecule has 0 saturated carbocycles. The zero-order valence-corrected chi connectivity index (χ0v) is 6.73. The van der Waals surface area contributed by atoms with E-state index in [0.29, 0.717) is 0 Å². The Bertz CT molecular complexity index is 149. The molecule has 0 bridgehead atoms. The number of hydrogen-bond donors (Lipinski definition) is 4. The third-order valence-electron chi connectivity index (χ3n) is 0.675. The molecule has 0 aliphatic heterocycles. The molecule has 0 aromatic rings. The van der Waals surface area contributed by atoms with Crippen LogP contribution in [0, 0.1) is 0 Å². The summed E-state index contributed by atoms with van der Waals surface area (Å²) < 4.78 is 0. The molecule has 0 saturated heterocycles. The van der Waals surface area contributed by atoms with Gasteiger partial charge in [-0.15, -0.1) is 12.6 Å². The van der Waals surface area contributed by atoms with Gasteiger partial charge in [-0.05, 0) is 0 Å². The third-order valence-corrected chi connectivity index (χ3v) is 1.31. The highest BCUT2D eigenvalue weighted by molar-refractivity contribution is 7.82. The smallest absolute Gasteiger partial charge is 0.336 e. The molecule has 0 radical (unpaired) electrons. The topological polar surface area (TPSA) is 66.4 Å². The Balaban J connectivity index is 3.68. The summed E-state index contributed by atoms with van der Waals surface area (Å²) in [6.45, 7) is 0. The lowest BCUT2D eigenvalue weighted by molar-refractivity contribution is -0.138. The Morgan fingerprint density at radius 3 is 2.40 bits per heavy atom. The fourth-order valence-corrected chi connectivity index (χ4v) is 0.495. The van der Waals surface area contributed by atoms with Crippen molar-refractivity contribution in [3.05, 3.63) is 0 Å². The van der Waals surface area contributed by atoms with Gasteiger partial charge in [0.05, 0.1) is 5.75 Å². The predicted molar refractivity (Wildman–Crippen MR) is 42.4 cm³/mol. The SMILES string of the molecule is O=C(CS)NC(S)C(=O)O. The Labute approximate surface area is 68.8 Å². The van der Waals surface area contributed by atoms with Crippen LogP contribution in [0.5, 0.6) is 0 Å². The monoisotopic (exact) mass is 181 g/mol. The van der Waals surface area contributed by atoms with Crippen LogP contribution in [-0.4, -0.2) is 28.1 Å². The first-order valence-electron chi connectivity index (χ1n) is 2.39. The molecule has 0 spiro atoms. The van der Waals surface area contributed by atoms with Crippen LogP contribution in [0.2, 0.25) is 0 Å². The number of carboxylic acid groups (broad SMARTS) is 1. The van der Waals surface area contributed by atoms with Gasteiger partial charge < -0.3 is 10.4 Å². The van der Waals surface area contributed by atoms with E-state index in [0.717, 1.165) is 0 Å². The predicted octanol–water partition coefficient (Wildman–Crippen LogP) is -0.627. The summed E-state index contributed by atoms with van der Waals surface area (Å²) in [5.74, 6) is -1.67. The first-order chi connectivity index (χ1) is 4.57. The van der Waals surface area contributed by atoms with Crippen LogP contribution in [0.3, 0.4) is 0 Å². The van der Waals surface area contributed by atoms with E-state index >= 15 is 0 Å². The first kappa shape index (κ1) is 9.64. The minimum atomic E-state index is -1.18. The lowest BCUT2D eigenvalue weighted by Gasteiger charge is -2.05. The molecule has 2 N–H and O–H groups in total. The van der Waals surface area contributed by atoms with E-state index in [1.807, 2.05) is 0 Å². The van der Waals surface area contributed by atoms with Crippen LogP contribution >= 0.6 is 25.3 Å². The number of aliphatic carboxylic acids is 1. The summed E-state index contributed by atoms with van der Waals surface area (Å²) in [5, 5.41) is 9.15. The lowest BCUT2D eigenvalue weighted by atomic mass is 10.6. The maximum Gasteiger partial charge on any atom is 0.336 e. The van der Waals surface area contributed by atoms with Crippen molar-refractivity contribution in [2.45, 2.75) is 5.37 Å². The van der Waals surface area contributed by atoms with Crippen LogP contribution in [-0.2, 0) is 9.59 Å². The second-order valence-corrected chi connectivity index (χ2v) is 2.30. The van der Waals surface area contributed by atoms with Crippen molar-refractivity contribution in [2.24, 2.45) is 0 Å². The van der Waals surface area contributed by atoms with Crippen LogP contribution < -0.4 is 5.32 Å². The fourth-order valence-electron chi connectivity index (χ4n) is 0.260. The summed E-state index contributed by atoms with van der Waals surface area (Å²) in [5.41, 5.74) is 0. The molecule has 0 heterocycles. The van der Waals surface area contributed by atoms with Crippen molar-refractivity contribution >= 4 is 37.1 Å². The molecule has 0 rings (SSSR count). The molecular weight excluding hydrogens is 174 g/mol. The number of nitrogens with one attached hydrogen (secondary N) is 1. The summed E-state index contributed by atoms with van der Waals surface area (Å²) >= 11 is 7.17. The normalized spacial score (nSPS) is 12.2. The van der Waals surface area contributed by atoms with E-state index in [1.165, 1.54) is 0 Å².